The molecule has 2 rings (SSSR count). The Labute approximate surface area is 101 Å². The lowest BCUT2D eigenvalue weighted by Gasteiger charge is -2.10. The predicted octanol–water partition coefficient (Wildman–Crippen LogP) is 4.09. The molecule has 0 amide bonds. The minimum absolute atomic E-state index is 0.318. The minimum Gasteiger partial charge on any atom is -0.398 e. The van der Waals surface area contributed by atoms with Crippen LogP contribution in [-0.2, 0) is 6.18 Å². The molecule has 2 aromatic carbocycles. The van der Waals surface area contributed by atoms with Crippen LogP contribution in [0.5, 0.6) is 0 Å². The van der Waals surface area contributed by atoms with E-state index in [1.165, 1.54) is 6.07 Å². The van der Waals surface area contributed by atoms with Crippen LogP contribution in [0.4, 0.5) is 23.2 Å². The van der Waals surface area contributed by atoms with Gasteiger partial charge in [0.2, 0.25) is 0 Å². The zero-order valence-electron chi connectivity index (χ0n) is 9.13. The number of rotatable bonds is 1. The molecule has 0 aliphatic heterocycles. The molecular formula is C13H9F4N. The van der Waals surface area contributed by atoms with E-state index in [1.807, 2.05) is 0 Å². The molecule has 0 aromatic heterocycles. The molecule has 0 aliphatic rings. The highest BCUT2D eigenvalue weighted by atomic mass is 19.4. The van der Waals surface area contributed by atoms with Crippen molar-refractivity contribution in [2.45, 2.75) is 6.18 Å². The number of nitrogens with two attached hydrogens (primary N) is 1. The van der Waals surface area contributed by atoms with Crippen LogP contribution in [0.3, 0.4) is 0 Å². The van der Waals surface area contributed by atoms with Gasteiger partial charge in [-0.05, 0) is 23.8 Å². The van der Waals surface area contributed by atoms with Gasteiger partial charge >= 0.3 is 6.18 Å². The number of halogens is 4. The number of para-hydroxylation sites is 1. The van der Waals surface area contributed by atoms with Gasteiger partial charge in [-0.25, -0.2) is 4.39 Å². The third-order valence-corrected chi connectivity index (χ3v) is 2.55. The van der Waals surface area contributed by atoms with Crippen molar-refractivity contribution in [1.29, 1.82) is 0 Å². The molecule has 18 heavy (non-hydrogen) atoms. The largest absolute Gasteiger partial charge is 0.419 e. The van der Waals surface area contributed by atoms with Gasteiger partial charge in [-0.1, -0.05) is 24.3 Å². The Hall–Kier alpha value is -2.04. The zero-order chi connectivity index (χ0) is 13.3. The van der Waals surface area contributed by atoms with Crippen molar-refractivity contribution in [3.8, 4) is 11.1 Å². The van der Waals surface area contributed by atoms with Crippen LogP contribution in [0.2, 0.25) is 0 Å². The molecule has 0 atom stereocenters. The van der Waals surface area contributed by atoms with E-state index in [0.29, 0.717) is 16.8 Å². The molecule has 2 aromatic rings. The Balaban J connectivity index is 2.51. The maximum Gasteiger partial charge on any atom is 0.419 e. The van der Waals surface area contributed by atoms with Crippen molar-refractivity contribution < 1.29 is 17.6 Å². The van der Waals surface area contributed by atoms with E-state index in [2.05, 4.69) is 0 Å². The Morgan fingerprint density at radius 3 is 2.17 bits per heavy atom. The molecule has 0 spiro atoms. The van der Waals surface area contributed by atoms with Crippen molar-refractivity contribution in [1.82, 2.24) is 0 Å². The molecule has 0 saturated carbocycles. The summed E-state index contributed by atoms with van der Waals surface area (Å²) in [6, 6.07) is 9.37. The highest BCUT2D eigenvalue weighted by Gasteiger charge is 2.33. The molecular weight excluding hydrogens is 246 g/mol. The van der Waals surface area contributed by atoms with Crippen LogP contribution < -0.4 is 5.73 Å². The topological polar surface area (TPSA) is 26.0 Å². The maximum atomic E-state index is 13.4. The Bertz CT molecular complexity index is 575. The van der Waals surface area contributed by atoms with Gasteiger partial charge in [-0.2, -0.15) is 13.2 Å². The molecule has 0 aliphatic carbocycles. The molecule has 2 N–H and O–H groups in total. The standard InChI is InChI=1S/C13H9F4N/c14-11-7-8(5-6-10(11)13(15,16)17)9-3-1-2-4-12(9)18/h1-7H,18H2. The summed E-state index contributed by atoms with van der Waals surface area (Å²) in [5.41, 5.74) is 5.61. The van der Waals surface area contributed by atoms with Crippen LogP contribution in [0.15, 0.2) is 42.5 Å². The van der Waals surface area contributed by atoms with Gasteiger partial charge in [0.25, 0.3) is 0 Å². The number of nitrogen functional groups attached to an aromatic ring is 1. The summed E-state index contributed by atoms with van der Waals surface area (Å²) < 4.78 is 50.6. The average molecular weight is 255 g/mol. The minimum atomic E-state index is -4.69. The van der Waals surface area contributed by atoms with E-state index >= 15 is 0 Å². The number of anilines is 1. The van der Waals surface area contributed by atoms with E-state index in [4.69, 9.17) is 5.73 Å². The maximum absolute atomic E-state index is 13.4. The third-order valence-electron chi connectivity index (χ3n) is 2.55. The SMILES string of the molecule is Nc1ccccc1-c1ccc(C(F)(F)F)c(F)c1. The molecule has 0 heterocycles. The van der Waals surface area contributed by atoms with Crippen molar-refractivity contribution in [2.24, 2.45) is 0 Å². The van der Waals surface area contributed by atoms with Gasteiger partial charge in [0, 0.05) is 11.3 Å². The quantitative estimate of drug-likeness (QED) is 0.602. The summed E-state index contributed by atoms with van der Waals surface area (Å²) in [4.78, 5) is 0. The molecule has 0 bridgehead atoms. The molecule has 0 fully saturated rings. The van der Waals surface area contributed by atoms with Gasteiger partial charge in [0.05, 0.1) is 5.56 Å². The lowest BCUT2D eigenvalue weighted by Crippen LogP contribution is -2.07. The van der Waals surface area contributed by atoms with Crippen molar-refractivity contribution in [3.63, 3.8) is 0 Å². The van der Waals surface area contributed by atoms with E-state index in [9.17, 15) is 17.6 Å². The van der Waals surface area contributed by atoms with Gasteiger partial charge < -0.3 is 5.73 Å². The highest BCUT2D eigenvalue weighted by molar-refractivity contribution is 5.76. The fourth-order valence-corrected chi connectivity index (χ4v) is 1.67. The molecule has 0 radical (unpaired) electrons. The molecule has 1 nitrogen and oxygen atoms in total. The van der Waals surface area contributed by atoms with Gasteiger partial charge in [-0.3, -0.25) is 0 Å². The predicted molar refractivity (Wildman–Crippen MR) is 61.3 cm³/mol. The number of hydrogen-bond donors (Lipinski definition) is 1. The molecule has 5 heteroatoms. The number of benzene rings is 2. The second-order valence-corrected chi connectivity index (χ2v) is 3.78. The van der Waals surface area contributed by atoms with Gasteiger partial charge in [-0.15, -0.1) is 0 Å². The van der Waals surface area contributed by atoms with Crippen molar-refractivity contribution in [2.75, 3.05) is 5.73 Å². The second kappa shape index (κ2) is 4.33. The van der Waals surface area contributed by atoms with Crippen LogP contribution >= 0.6 is 0 Å². The third kappa shape index (κ3) is 2.30. The summed E-state index contributed by atoms with van der Waals surface area (Å²) in [6.07, 6.45) is -4.69. The van der Waals surface area contributed by atoms with Crippen LogP contribution in [0.1, 0.15) is 5.56 Å². The first-order valence-electron chi connectivity index (χ1n) is 5.11. The van der Waals surface area contributed by atoms with Crippen molar-refractivity contribution in [3.05, 3.63) is 53.8 Å². The van der Waals surface area contributed by atoms with E-state index in [0.717, 1.165) is 12.1 Å². The fourth-order valence-electron chi connectivity index (χ4n) is 1.67. The Morgan fingerprint density at radius 1 is 0.944 bits per heavy atom. The van der Waals surface area contributed by atoms with E-state index < -0.39 is 17.6 Å². The summed E-state index contributed by atoms with van der Waals surface area (Å²) >= 11 is 0. The van der Waals surface area contributed by atoms with Crippen LogP contribution in [-0.4, -0.2) is 0 Å². The average Bonchev–Trinajstić information content (AvgIpc) is 2.27. The van der Waals surface area contributed by atoms with Gasteiger partial charge in [0.15, 0.2) is 0 Å². The smallest absolute Gasteiger partial charge is 0.398 e. The molecule has 94 valence electrons. The Kier molecular flexibility index (Phi) is 2.98. The lowest BCUT2D eigenvalue weighted by atomic mass is 10.0. The highest BCUT2D eigenvalue weighted by Crippen LogP contribution is 2.34. The summed E-state index contributed by atoms with van der Waals surface area (Å²) in [5.74, 6) is -1.30. The first kappa shape index (κ1) is 12.4. The summed E-state index contributed by atoms with van der Waals surface area (Å²) in [5, 5.41) is 0. The van der Waals surface area contributed by atoms with Gasteiger partial charge in [0.1, 0.15) is 5.82 Å². The fraction of sp³-hybridized carbons (Fsp3) is 0.0769. The van der Waals surface area contributed by atoms with Crippen LogP contribution in [0, 0.1) is 5.82 Å². The number of hydrogen-bond acceptors (Lipinski definition) is 1. The Morgan fingerprint density at radius 2 is 1.61 bits per heavy atom. The monoisotopic (exact) mass is 255 g/mol. The summed E-state index contributed by atoms with van der Waals surface area (Å²) in [6.45, 7) is 0. The first-order valence-corrected chi connectivity index (χ1v) is 5.11. The normalized spacial score (nSPS) is 11.6. The van der Waals surface area contributed by atoms with E-state index in [1.54, 1.807) is 24.3 Å². The zero-order valence-corrected chi connectivity index (χ0v) is 9.13. The van der Waals surface area contributed by atoms with E-state index in [-0.39, 0.29) is 0 Å². The number of alkyl halides is 3. The first-order chi connectivity index (χ1) is 8.39. The lowest BCUT2D eigenvalue weighted by molar-refractivity contribution is -0.139. The second-order valence-electron chi connectivity index (χ2n) is 3.78. The van der Waals surface area contributed by atoms with Crippen LogP contribution in [0.25, 0.3) is 11.1 Å². The summed E-state index contributed by atoms with van der Waals surface area (Å²) in [7, 11) is 0. The van der Waals surface area contributed by atoms with Crippen molar-refractivity contribution >= 4 is 5.69 Å². The molecule has 0 saturated heterocycles. The molecule has 0 unspecified atom stereocenters.